The predicted octanol–water partition coefficient (Wildman–Crippen LogP) is 7.14. The Morgan fingerprint density at radius 3 is 2.22 bits per heavy atom. The molecule has 0 unspecified atom stereocenters. The Morgan fingerprint density at radius 1 is 0.875 bits per heavy atom. The SMILES string of the molecule is C[C@H](C/C=C/C(C)(C)O)[C@H]1CC[C@@]2(C)[C@@H]3CC[C@H]4C(C)(C)[C@@H](O)CC[C@@]45C[C@@]35CC[C@]12C. The summed E-state index contributed by atoms with van der Waals surface area (Å²) in [6.45, 7) is 16.3. The zero-order valence-electron chi connectivity index (χ0n) is 22.0. The lowest BCUT2D eigenvalue weighted by atomic mass is 9.42. The number of aliphatic hydroxyl groups excluding tert-OH is 1. The van der Waals surface area contributed by atoms with E-state index >= 15 is 0 Å². The van der Waals surface area contributed by atoms with Gasteiger partial charge in [-0.25, -0.2) is 0 Å². The van der Waals surface area contributed by atoms with Gasteiger partial charge in [0.25, 0.3) is 0 Å². The average Bonchev–Trinajstić information content (AvgIpc) is 3.27. The molecule has 5 fully saturated rings. The average molecular weight is 443 g/mol. The van der Waals surface area contributed by atoms with E-state index in [0.717, 1.165) is 30.6 Å². The first-order valence-corrected chi connectivity index (χ1v) is 13.8. The number of rotatable bonds is 4. The Labute approximate surface area is 197 Å². The van der Waals surface area contributed by atoms with Crippen LogP contribution >= 0.6 is 0 Å². The summed E-state index contributed by atoms with van der Waals surface area (Å²) < 4.78 is 0. The van der Waals surface area contributed by atoms with E-state index in [1.807, 2.05) is 19.9 Å². The molecular formula is C30H50O2. The van der Waals surface area contributed by atoms with E-state index in [1.165, 1.54) is 51.4 Å². The molecule has 0 aliphatic heterocycles. The third kappa shape index (κ3) is 2.84. The number of hydrogen-bond donors (Lipinski definition) is 2. The van der Waals surface area contributed by atoms with E-state index in [1.54, 1.807) is 0 Å². The van der Waals surface area contributed by atoms with Crippen molar-refractivity contribution in [2.75, 3.05) is 0 Å². The van der Waals surface area contributed by atoms with Crippen molar-refractivity contribution in [1.82, 2.24) is 0 Å². The van der Waals surface area contributed by atoms with Crippen molar-refractivity contribution in [3.05, 3.63) is 12.2 Å². The fourth-order valence-corrected chi connectivity index (χ4v) is 11.0. The molecule has 0 radical (unpaired) electrons. The molecule has 32 heavy (non-hydrogen) atoms. The fraction of sp³-hybridized carbons (Fsp3) is 0.933. The molecule has 5 saturated carbocycles. The summed E-state index contributed by atoms with van der Waals surface area (Å²) in [5.74, 6) is 3.10. The molecule has 2 spiro atoms. The van der Waals surface area contributed by atoms with Crippen LogP contribution in [0.15, 0.2) is 12.2 Å². The first kappa shape index (κ1) is 23.4. The predicted molar refractivity (Wildman–Crippen MR) is 132 cm³/mol. The Morgan fingerprint density at radius 2 is 1.53 bits per heavy atom. The van der Waals surface area contributed by atoms with Crippen LogP contribution in [-0.4, -0.2) is 21.9 Å². The summed E-state index contributed by atoms with van der Waals surface area (Å²) in [7, 11) is 0. The maximum Gasteiger partial charge on any atom is 0.0771 e. The summed E-state index contributed by atoms with van der Waals surface area (Å²) in [5.41, 5.74) is 1.44. The summed E-state index contributed by atoms with van der Waals surface area (Å²) in [4.78, 5) is 0. The number of hydrogen-bond acceptors (Lipinski definition) is 2. The normalized spacial score (nSPS) is 52.7. The van der Waals surface area contributed by atoms with Gasteiger partial charge in [-0.3, -0.25) is 0 Å². The Bertz CT molecular complexity index is 791. The molecule has 2 nitrogen and oxygen atoms in total. The van der Waals surface area contributed by atoms with Gasteiger partial charge in [0.1, 0.15) is 0 Å². The molecule has 2 heteroatoms. The van der Waals surface area contributed by atoms with E-state index < -0.39 is 5.60 Å². The molecule has 9 atom stereocenters. The van der Waals surface area contributed by atoms with Crippen LogP contribution in [0.5, 0.6) is 0 Å². The van der Waals surface area contributed by atoms with E-state index in [4.69, 9.17) is 0 Å². The van der Waals surface area contributed by atoms with Gasteiger partial charge in [0, 0.05) is 0 Å². The van der Waals surface area contributed by atoms with Gasteiger partial charge in [-0.2, -0.15) is 0 Å². The Hall–Kier alpha value is -0.340. The van der Waals surface area contributed by atoms with Gasteiger partial charge in [-0.1, -0.05) is 46.8 Å². The van der Waals surface area contributed by atoms with Crippen LogP contribution in [-0.2, 0) is 0 Å². The fourth-order valence-electron chi connectivity index (χ4n) is 11.0. The number of aliphatic hydroxyl groups is 2. The Balaban J connectivity index is 1.40. The van der Waals surface area contributed by atoms with Crippen molar-refractivity contribution in [3.63, 3.8) is 0 Å². The second-order valence-electron chi connectivity index (χ2n) is 14.8. The number of allylic oxidation sites excluding steroid dienone is 1. The lowest BCUT2D eigenvalue weighted by Crippen LogP contribution is -2.57. The van der Waals surface area contributed by atoms with Crippen molar-refractivity contribution in [1.29, 1.82) is 0 Å². The summed E-state index contributed by atoms with van der Waals surface area (Å²) in [5, 5.41) is 20.9. The first-order chi connectivity index (χ1) is 14.7. The molecule has 5 aliphatic carbocycles. The van der Waals surface area contributed by atoms with Crippen LogP contribution in [0.3, 0.4) is 0 Å². The molecule has 182 valence electrons. The van der Waals surface area contributed by atoms with Crippen LogP contribution in [0, 0.1) is 50.7 Å². The summed E-state index contributed by atoms with van der Waals surface area (Å²) in [6, 6.07) is 0. The third-order valence-corrected chi connectivity index (χ3v) is 12.9. The molecule has 0 amide bonds. The van der Waals surface area contributed by atoms with Gasteiger partial charge in [0.15, 0.2) is 0 Å². The van der Waals surface area contributed by atoms with Gasteiger partial charge in [0.2, 0.25) is 0 Å². The van der Waals surface area contributed by atoms with E-state index in [-0.39, 0.29) is 11.5 Å². The van der Waals surface area contributed by atoms with Crippen LogP contribution in [0.4, 0.5) is 0 Å². The van der Waals surface area contributed by atoms with Crippen LogP contribution in [0.2, 0.25) is 0 Å². The molecule has 0 aromatic rings. The number of fused-ring (bicyclic) bond motifs is 2. The minimum absolute atomic E-state index is 0.0912. The molecule has 0 saturated heterocycles. The van der Waals surface area contributed by atoms with Gasteiger partial charge in [-0.15, -0.1) is 0 Å². The highest BCUT2D eigenvalue weighted by Gasteiger charge is 2.82. The lowest BCUT2D eigenvalue weighted by Gasteiger charge is -2.63. The second kappa shape index (κ2) is 6.87. The minimum Gasteiger partial charge on any atom is -0.393 e. The quantitative estimate of drug-likeness (QED) is 0.454. The van der Waals surface area contributed by atoms with Crippen molar-refractivity contribution in [2.45, 2.75) is 124 Å². The zero-order chi connectivity index (χ0) is 23.4. The van der Waals surface area contributed by atoms with Gasteiger partial charge in [-0.05, 0) is 129 Å². The molecule has 0 bridgehead atoms. The van der Waals surface area contributed by atoms with Crippen LogP contribution in [0.1, 0.15) is 113 Å². The largest absolute Gasteiger partial charge is 0.393 e. The highest BCUT2D eigenvalue weighted by molar-refractivity contribution is 5.30. The molecule has 2 N–H and O–H groups in total. The first-order valence-electron chi connectivity index (χ1n) is 13.8. The van der Waals surface area contributed by atoms with Crippen molar-refractivity contribution in [3.8, 4) is 0 Å². The molecule has 0 aromatic heterocycles. The minimum atomic E-state index is -0.703. The smallest absolute Gasteiger partial charge is 0.0771 e. The third-order valence-electron chi connectivity index (χ3n) is 12.9. The van der Waals surface area contributed by atoms with Crippen molar-refractivity contribution in [2.24, 2.45) is 50.7 Å². The molecule has 0 aromatic carbocycles. The molecular weight excluding hydrogens is 392 g/mol. The lowest BCUT2D eigenvalue weighted by molar-refractivity contribution is -0.161. The maximum absolute atomic E-state index is 10.8. The molecule has 5 rings (SSSR count). The topological polar surface area (TPSA) is 40.5 Å². The van der Waals surface area contributed by atoms with E-state index in [0.29, 0.717) is 27.6 Å². The van der Waals surface area contributed by atoms with E-state index in [9.17, 15) is 10.2 Å². The highest BCUT2D eigenvalue weighted by atomic mass is 16.3. The maximum atomic E-state index is 10.8. The molecule has 5 aliphatic rings. The van der Waals surface area contributed by atoms with Crippen molar-refractivity contribution >= 4 is 0 Å². The highest BCUT2D eigenvalue weighted by Crippen LogP contribution is 2.89. The second-order valence-corrected chi connectivity index (χ2v) is 14.8. The standard InChI is InChI=1S/C30H50O2/c1-20(9-8-14-25(2,3)32)21-12-15-28(7)23-11-10-22-26(4,5)24(31)13-16-29(22)19-30(23,29)18-17-27(21,28)6/h8,14,20-24,31-32H,9-13,15-19H2,1-7H3/b14-8+/t20-,21-,22+,23+,24+,27-,28+,29-,30+/m1/s1. The van der Waals surface area contributed by atoms with Crippen molar-refractivity contribution < 1.29 is 10.2 Å². The molecule has 0 heterocycles. The Kier molecular flexibility index (Phi) is 5.02. The van der Waals surface area contributed by atoms with Crippen LogP contribution < -0.4 is 0 Å². The van der Waals surface area contributed by atoms with E-state index in [2.05, 4.69) is 40.7 Å². The summed E-state index contributed by atoms with van der Waals surface area (Å²) >= 11 is 0. The zero-order valence-corrected chi connectivity index (χ0v) is 22.0. The van der Waals surface area contributed by atoms with Gasteiger partial charge < -0.3 is 10.2 Å². The van der Waals surface area contributed by atoms with Gasteiger partial charge in [0.05, 0.1) is 11.7 Å². The van der Waals surface area contributed by atoms with Gasteiger partial charge >= 0.3 is 0 Å². The summed E-state index contributed by atoms with van der Waals surface area (Å²) in [6.07, 6.45) is 17.4. The van der Waals surface area contributed by atoms with Crippen LogP contribution in [0.25, 0.3) is 0 Å². The monoisotopic (exact) mass is 442 g/mol.